The molecule has 1 amide bonds. The smallest absolute Gasteiger partial charge is 0.282 e. The van der Waals surface area contributed by atoms with Crippen LogP contribution in [0.25, 0.3) is 10.9 Å². The number of rotatable bonds is 10. The molecule has 5 rings (SSSR count). The molecule has 1 fully saturated rings. The Kier molecular flexibility index (Phi) is 9.06. The summed E-state index contributed by atoms with van der Waals surface area (Å²) >= 11 is 0. The molecule has 3 aromatic carbocycles. The highest BCUT2D eigenvalue weighted by Crippen LogP contribution is 2.34. The summed E-state index contributed by atoms with van der Waals surface area (Å²) in [5.74, 6) is 0.720. The number of aromatic nitrogens is 2. The fourth-order valence-corrected chi connectivity index (χ4v) is 5.28. The summed E-state index contributed by atoms with van der Waals surface area (Å²) in [6.07, 6.45) is 9.08. The lowest BCUT2D eigenvalue weighted by molar-refractivity contribution is -0.118. The largest absolute Gasteiger partial charge is 0.493 e. The first-order valence-electron chi connectivity index (χ1n) is 14.0. The van der Waals surface area contributed by atoms with Crippen LogP contribution >= 0.6 is 0 Å². The first kappa shape index (κ1) is 28.7. The number of ether oxygens (including phenoxy) is 2. The second-order valence-electron chi connectivity index (χ2n) is 10.2. The van der Waals surface area contributed by atoms with Crippen molar-refractivity contribution >= 4 is 28.7 Å². The average molecular weight is 569 g/mol. The molecular formula is C33H33FN4O4. The Hall–Kier alpha value is -4.79. The Morgan fingerprint density at radius 1 is 1.14 bits per heavy atom. The Labute approximate surface area is 243 Å². The van der Waals surface area contributed by atoms with Crippen molar-refractivity contribution in [2.75, 3.05) is 19.0 Å². The van der Waals surface area contributed by atoms with Crippen molar-refractivity contribution in [1.82, 2.24) is 9.66 Å². The first-order chi connectivity index (χ1) is 20.5. The van der Waals surface area contributed by atoms with E-state index in [1.54, 1.807) is 30.5 Å². The number of benzene rings is 3. The van der Waals surface area contributed by atoms with E-state index in [2.05, 4.69) is 17.0 Å². The number of anilines is 1. The highest BCUT2D eigenvalue weighted by molar-refractivity contribution is 5.92. The molecule has 0 radical (unpaired) electrons. The third kappa shape index (κ3) is 6.57. The van der Waals surface area contributed by atoms with E-state index in [0.29, 0.717) is 45.9 Å². The van der Waals surface area contributed by atoms with Gasteiger partial charge in [0.1, 0.15) is 11.6 Å². The third-order valence-corrected chi connectivity index (χ3v) is 7.27. The van der Waals surface area contributed by atoms with Crippen LogP contribution in [0, 0.1) is 5.82 Å². The van der Waals surface area contributed by atoms with Crippen LogP contribution in [-0.4, -0.2) is 35.5 Å². The number of carbonyl (C=O) groups is 1. The Bertz CT molecular complexity index is 1690. The van der Waals surface area contributed by atoms with Crippen LogP contribution in [0.4, 0.5) is 10.1 Å². The summed E-state index contributed by atoms with van der Waals surface area (Å²) in [6.45, 7) is 3.53. The van der Waals surface area contributed by atoms with Crippen LogP contribution in [-0.2, 0) is 11.2 Å². The Balaban J connectivity index is 1.45. The zero-order valence-electron chi connectivity index (χ0n) is 23.5. The van der Waals surface area contributed by atoms with Crippen LogP contribution in [0.5, 0.6) is 11.5 Å². The fourth-order valence-electron chi connectivity index (χ4n) is 5.28. The number of carbonyl (C=O) groups excluding carboxylic acids is 1. The second kappa shape index (κ2) is 13.2. The lowest BCUT2D eigenvalue weighted by Crippen LogP contribution is -2.25. The molecule has 42 heavy (non-hydrogen) atoms. The average Bonchev–Trinajstić information content (AvgIpc) is 3.00. The fraction of sp³-hybridized carbons (Fsp3) is 0.273. The van der Waals surface area contributed by atoms with Crippen LogP contribution in [0.3, 0.4) is 0 Å². The molecule has 1 heterocycles. The number of allylic oxidation sites excluding steroid dienone is 1. The van der Waals surface area contributed by atoms with Gasteiger partial charge in [0.25, 0.3) is 11.5 Å². The molecule has 0 unspecified atom stereocenters. The summed E-state index contributed by atoms with van der Waals surface area (Å²) in [7, 11) is 1.51. The van der Waals surface area contributed by atoms with Crippen LogP contribution in [0.1, 0.15) is 55.0 Å². The van der Waals surface area contributed by atoms with Crippen LogP contribution < -0.4 is 20.3 Å². The number of nitrogens with zero attached hydrogens (tertiary/aromatic N) is 3. The molecule has 9 heteroatoms. The zero-order valence-corrected chi connectivity index (χ0v) is 23.5. The number of methoxy groups -OCH3 is 1. The van der Waals surface area contributed by atoms with E-state index in [0.717, 1.165) is 31.2 Å². The summed E-state index contributed by atoms with van der Waals surface area (Å²) in [5.41, 5.74) is 2.20. The topological polar surface area (TPSA) is 94.8 Å². The highest BCUT2D eigenvalue weighted by Gasteiger charge is 2.22. The maximum absolute atomic E-state index is 13.6. The van der Waals surface area contributed by atoms with Crippen molar-refractivity contribution in [2.45, 2.75) is 44.4 Å². The van der Waals surface area contributed by atoms with Crippen molar-refractivity contribution in [3.8, 4) is 11.5 Å². The maximum atomic E-state index is 13.6. The quantitative estimate of drug-likeness (QED) is 0.181. The molecule has 1 saturated carbocycles. The lowest BCUT2D eigenvalue weighted by atomic mass is 9.88. The minimum absolute atomic E-state index is 0.161. The predicted molar refractivity (Wildman–Crippen MR) is 162 cm³/mol. The summed E-state index contributed by atoms with van der Waals surface area (Å²) in [4.78, 5) is 30.9. The molecule has 0 aliphatic heterocycles. The van der Waals surface area contributed by atoms with Crippen molar-refractivity contribution in [3.63, 3.8) is 0 Å². The van der Waals surface area contributed by atoms with Gasteiger partial charge in [0, 0.05) is 17.2 Å². The standard InChI is InChI=1S/C33H33FN4O4/c1-3-10-24-17-22(18-29(41-2)31(24)42-21-30(39)36-26-14-9-13-25(34)19-26)20-35-38-32(23-11-5-4-6-12-23)37-28-16-8-7-15-27(28)33(38)40/h3,7-9,13-20,23H,1,4-6,10-12,21H2,2H3,(H,36,39). The number of halogens is 1. The number of fused-ring (bicyclic) bond motifs is 1. The molecule has 1 aliphatic rings. The zero-order chi connectivity index (χ0) is 29.5. The van der Waals surface area contributed by atoms with Gasteiger partial charge in [-0.15, -0.1) is 6.58 Å². The van der Waals surface area contributed by atoms with Gasteiger partial charge in [-0.3, -0.25) is 9.59 Å². The normalized spacial score (nSPS) is 13.8. The van der Waals surface area contributed by atoms with Gasteiger partial charge >= 0.3 is 0 Å². The van der Waals surface area contributed by atoms with Crippen molar-refractivity contribution in [1.29, 1.82) is 0 Å². The molecule has 1 N–H and O–H groups in total. The van der Waals surface area contributed by atoms with E-state index < -0.39 is 11.7 Å². The molecule has 8 nitrogen and oxygen atoms in total. The molecule has 0 bridgehead atoms. The van der Waals surface area contributed by atoms with E-state index in [4.69, 9.17) is 14.5 Å². The summed E-state index contributed by atoms with van der Waals surface area (Å²) in [5, 5.41) is 7.77. The molecule has 0 saturated heterocycles. The highest BCUT2D eigenvalue weighted by atomic mass is 19.1. The van der Waals surface area contributed by atoms with Gasteiger partial charge in [0.05, 0.1) is 24.2 Å². The lowest BCUT2D eigenvalue weighted by Gasteiger charge is -2.22. The van der Waals surface area contributed by atoms with Crippen molar-refractivity contribution in [3.05, 3.63) is 106 Å². The van der Waals surface area contributed by atoms with Crippen LogP contribution in [0.15, 0.2) is 83.2 Å². The number of hydrogen-bond donors (Lipinski definition) is 1. The van der Waals surface area contributed by atoms with Gasteiger partial charge in [-0.2, -0.15) is 9.78 Å². The van der Waals surface area contributed by atoms with Crippen molar-refractivity contribution in [2.24, 2.45) is 5.10 Å². The Morgan fingerprint density at radius 2 is 1.95 bits per heavy atom. The molecular weight excluding hydrogens is 535 g/mol. The predicted octanol–water partition coefficient (Wildman–Crippen LogP) is 6.22. The first-order valence-corrected chi connectivity index (χ1v) is 14.0. The van der Waals surface area contributed by atoms with E-state index in [9.17, 15) is 14.0 Å². The molecule has 1 aromatic heterocycles. The van der Waals surface area contributed by atoms with Gasteiger partial charge in [-0.1, -0.05) is 43.5 Å². The van der Waals surface area contributed by atoms with Gasteiger partial charge in [0.2, 0.25) is 0 Å². The number of hydrogen-bond acceptors (Lipinski definition) is 6. The number of nitrogens with one attached hydrogen (secondary N) is 1. The van der Waals surface area contributed by atoms with E-state index in [-0.39, 0.29) is 18.1 Å². The second-order valence-corrected chi connectivity index (χ2v) is 10.2. The van der Waals surface area contributed by atoms with Gasteiger partial charge in [-0.05, 0) is 67.3 Å². The number of para-hydroxylation sites is 1. The third-order valence-electron chi connectivity index (χ3n) is 7.27. The van der Waals surface area contributed by atoms with E-state index in [1.807, 2.05) is 24.3 Å². The van der Waals surface area contributed by atoms with Crippen molar-refractivity contribution < 1.29 is 18.7 Å². The summed E-state index contributed by atoms with van der Waals surface area (Å²) in [6, 6.07) is 16.6. The minimum Gasteiger partial charge on any atom is -0.493 e. The summed E-state index contributed by atoms with van der Waals surface area (Å²) < 4.78 is 26.4. The SMILES string of the molecule is C=CCc1cc(C=Nn2c(C3CCCCC3)nc3ccccc3c2=O)cc(OC)c1OCC(=O)Nc1cccc(F)c1. The maximum Gasteiger partial charge on any atom is 0.282 e. The van der Waals surface area contributed by atoms with Gasteiger partial charge in [0.15, 0.2) is 18.1 Å². The molecule has 1 aliphatic carbocycles. The van der Waals surface area contributed by atoms with E-state index >= 15 is 0 Å². The monoisotopic (exact) mass is 568 g/mol. The molecule has 0 atom stereocenters. The van der Waals surface area contributed by atoms with Gasteiger partial charge < -0.3 is 14.8 Å². The Morgan fingerprint density at radius 3 is 2.71 bits per heavy atom. The molecule has 0 spiro atoms. The van der Waals surface area contributed by atoms with E-state index in [1.165, 1.54) is 36.4 Å². The minimum atomic E-state index is -0.450. The number of amides is 1. The van der Waals surface area contributed by atoms with Crippen LogP contribution in [0.2, 0.25) is 0 Å². The van der Waals surface area contributed by atoms with Gasteiger partial charge in [-0.25, -0.2) is 9.37 Å². The molecule has 4 aromatic rings. The molecule has 216 valence electrons.